The van der Waals surface area contributed by atoms with Gasteiger partial charge in [0.25, 0.3) is 0 Å². The van der Waals surface area contributed by atoms with Crippen LogP contribution in [-0.4, -0.2) is 83.5 Å². The Morgan fingerprint density at radius 1 is 1.00 bits per heavy atom. The molecule has 0 radical (unpaired) electrons. The normalized spacial score (nSPS) is 27.4. The highest BCUT2D eigenvalue weighted by molar-refractivity contribution is 5.70. The fourth-order valence-corrected chi connectivity index (χ4v) is 2.74. The Bertz CT molecular complexity index is 568. The van der Waals surface area contributed by atoms with E-state index in [2.05, 4.69) is 0 Å². The number of benzene rings is 1. The predicted octanol–water partition coefficient (Wildman–Crippen LogP) is -0.405. The lowest BCUT2D eigenvalue weighted by Gasteiger charge is -2.39. The molecule has 158 valence electrons. The fourth-order valence-electron chi connectivity index (χ4n) is 2.74. The molecule has 9 nitrogen and oxygen atoms in total. The molecule has 1 aromatic carbocycles. The number of para-hydroxylation sites is 1. The van der Waals surface area contributed by atoms with E-state index in [0.717, 1.165) is 18.6 Å². The molecule has 0 bridgehead atoms. The Hall–Kier alpha value is -1.75. The second-order valence-corrected chi connectivity index (χ2v) is 6.45. The number of carbonyl (C=O) groups excluding carboxylic acids is 1. The molecule has 0 spiro atoms. The molecule has 1 heterocycles. The second-order valence-electron chi connectivity index (χ2n) is 6.45. The van der Waals surface area contributed by atoms with Gasteiger partial charge in [0.05, 0.1) is 19.8 Å². The molecule has 1 saturated heterocycles. The summed E-state index contributed by atoms with van der Waals surface area (Å²) in [6.07, 6.45) is -4.64. The van der Waals surface area contributed by atoms with Crippen LogP contribution in [0.1, 0.15) is 19.3 Å². The van der Waals surface area contributed by atoms with Gasteiger partial charge in [0.1, 0.15) is 36.8 Å². The van der Waals surface area contributed by atoms with Crippen molar-refractivity contribution in [3.63, 3.8) is 0 Å². The first-order valence-corrected chi connectivity index (χ1v) is 9.28. The Morgan fingerprint density at radius 2 is 1.71 bits per heavy atom. The number of unbranched alkanes of at least 4 members (excludes halogenated alkanes) is 2. The van der Waals surface area contributed by atoms with Gasteiger partial charge >= 0.3 is 5.97 Å². The van der Waals surface area contributed by atoms with Crippen LogP contribution in [-0.2, 0) is 19.0 Å². The summed E-state index contributed by atoms with van der Waals surface area (Å²) < 4.78 is 20.6. The molecule has 1 aromatic rings. The lowest BCUT2D eigenvalue weighted by Crippen LogP contribution is -2.59. The van der Waals surface area contributed by atoms with E-state index in [1.807, 2.05) is 30.3 Å². The quantitative estimate of drug-likeness (QED) is 0.289. The van der Waals surface area contributed by atoms with Crippen LogP contribution in [0, 0.1) is 0 Å². The van der Waals surface area contributed by atoms with Crippen LogP contribution in [0.5, 0.6) is 5.75 Å². The van der Waals surface area contributed by atoms with Gasteiger partial charge in [0.15, 0.2) is 6.29 Å². The SMILES string of the molecule is O=C(CO[C@H]1[C@H](O)[C@@H](CO)OC(O)[C@@H]1O)OCCCCCOc1ccccc1. The summed E-state index contributed by atoms with van der Waals surface area (Å²) >= 11 is 0. The summed E-state index contributed by atoms with van der Waals surface area (Å²) in [5, 5.41) is 38.4. The van der Waals surface area contributed by atoms with Gasteiger partial charge in [-0.2, -0.15) is 0 Å². The lowest BCUT2D eigenvalue weighted by atomic mass is 9.99. The standard InChI is InChI=1S/C19H28O9/c20-11-14-16(22)18(17(23)19(24)28-14)27-12-15(21)26-10-6-2-5-9-25-13-7-3-1-4-8-13/h1,3-4,7-8,14,16-20,22-24H,2,5-6,9-12H2/t14-,16-,17-,18+,19?/m1/s1. The summed E-state index contributed by atoms with van der Waals surface area (Å²) in [5.74, 6) is 0.165. The first-order valence-electron chi connectivity index (χ1n) is 9.28. The molecular formula is C19H28O9. The number of esters is 1. The number of ether oxygens (including phenoxy) is 4. The molecule has 0 amide bonds. The van der Waals surface area contributed by atoms with E-state index in [1.165, 1.54) is 0 Å². The van der Waals surface area contributed by atoms with Gasteiger partial charge in [-0.15, -0.1) is 0 Å². The van der Waals surface area contributed by atoms with E-state index in [-0.39, 0.29) is 6.61 Å². The zero-order valence-corrected chi connectivity index (χ0v) is 15.6. The Kier molecular flexibility index (Phi) is 9.62. The highest BCUT2D eigenvalue weighted by Crippen LogP contribution is 2.22. The predicted molar refractivity (Wildman–Crippen MR) is 96.5 cm³/mol. The van der Waals surface area contributed by atoms with Crippen LogP contribution in [0.3, 0.4) is 0 Å². The fraction of sp³-hybridized carbons (Fsp3) is 0.632. The smallest absolute Gasteiger partial charge is 0.332 e. The molecule has 2 rings (SSSR count). The molecule has 1 fully saturated rings. The Balaban J connectivity index is 1.55. The van der Waals surface area contributed by atoms with Crippen LogP contribution in [0.2, 0.25) is 0 Å². The molecule has 4 N–H and O–H groups in total. The minimum Gasteiger partial charge on any atom is -0.494 e. The molecule has 0 aliphatic carbocycles. The number of hydrogen-bond acceptors (Lipinski definition) is 9. The van der Waals surface area contributed by atoms with E-state index in [9.17, 15) is 20.1 Å². The Labute approximate surface area is 163 Å². The number of aliphatic hydroxyl groups excluding tert-OH is 4. The van der Waals surface area contributed by atoms with E-state index < -0.39 is 49.9 Å². The van der Waals surface area contributed by atoms with E-state index in [0.29, 0.717) is 13.0 Å². The largest absolute Gasteiger partial charge is 0.494 e. The maximum atomic E-state index is 11.7. The van der Waals surface area contributed by atoms with Crippen molar-refractivity contribution >= 4 is 5.97 Å². The third-order valence-corrected chi connectivity index (χ3v) is 4.30. The van der Waals surface area contributed by atoms with Crippen molar-refractivity contribution < 1.29 is 44.2 Å². The van der Waals surface area contributed by atoms with Gasteiger partial charge < -0.3 is 39.4 Å². The first-order chi connectivity index (χ1) is 13.5. The first kappa shape index (κ1) is 22.5. The number of carbonyl (C=O) groups is 1. The zero-order valence-electron chi connectivity index (χ0n) is 15.6. The summed E-state index contributed by atoms with van der Waals surface area (Å²) in [6, 6.07) is 9.49. The van der Waals surface area contributed by atoms with Crippen molar-refractivity contribution in [2.45, 2.75) is 50.0 Å². The van der Waals surface area contributed by atoms with E-state index in [1.54, 1.807) is 0 Å². The van der Waals surface area contributed by atoms with Gasteiger partial charge in [0, 0.05) is 0 Å². The van der Waals surface area contributed by atoms with E-state index >= 15 is 0 Å². The number of aliphatic hydroxyl groups is 4. The van der Waals surface area contributed by atoms with Gasteiger partial charge in [-0.3, -0.25) is 0 Å². The van der Waals surface area contributed by atoms with Gasteiger partial charge in [0.2, 0.25) is 0 Å². The summed E-state index contributed by atoms with van der Waals surface area (Å²) in [7, 11) is 0. The summed E-state index contributed by atoms with van der Waals surface area (Å²) in [5.41, 5.74) is 0. The van der Waals surface area contributed by atoms with Crippen molar-refractivity contribution in [1.29, 1.82) is 0 Å². The molecule has 1 aliphatic rings. The minimum atomic E-state index is -1.63. The number of hydrogen-bond donors (Lipinski definition) is 4. The molecule has 0 saturated carbocycles. The monoisotopic (exact) mass is 400 g/mol. The highest BCUT2D eigenvalue weighted by Gasteiger charge is 2.44. The van der Waals surface area contributed by atoms with Crippen LogP contribution >= 0.6 is 0 Å². The minimum absolute atomic E-state index is 0.217. The Morgan fingerprint density at radius 3 is 2.43 bits per heavy atom. The zero-order chi connectivity index (χ0) is 20.4. The molecule has 9 heteroatoms. The van der Waals surface area contributed by atoms with Gasteiger partial charge in [-0.05, 0) is 31.4 Å². The average molecular weight is 400 g/mol. The van der Waals surface area contributed by atoms with Crippen molar-refractivity contribution in [3.8, 4) is 5.75 Å². The number of rotatable bonds is 11. The second kappa shape index (κ2) is 11.9. The van der Waals surface area contributed by atoms with Crippen LogP contribution in [0.4, 0.5) is 0 Å². The molecule has 1 unspecified atom stereocenters. The molecule has 28 heavy (non-hydrogen) atoms. The van der Waals surface area contributed by atoms with Gasteiger partial charge in [-0.25, -0.2) is 4.79 Å². The van der Waals surface area contributed by atoms with Crippen molar-refractivity contribution in [2.24, 2.45) is 0 Å². The molecule has 0 aromatic heterocycles. The van der Waals surface area contributed by atoms with E-state index in [4.69, 9.17) is 24.1 Å². The molecule has 1 aliphatic heterocycles. The summed E-state index contributed by atoms with van der Waals surface area (Å²) in [6.45, 7) is -0.271. The van der Waals surface area contributed by atoms with Crippen LogP contribution in [0.25, 0.3) is 0 Å². The average Bonchev–Trinajstić information content (AvgIpc) is 2.70. The van der Waals surface area contributed by atoms with Crippen molar-refractivity contribution in [3.05, 3.63) is 30.3 Å². The maximum absolute atomic E-state index is 11.7. The highest BCUT2D eigenvalue weighted by atomic mass is 16.6. The third-order valence-electron chi connectivity index (χ3n) is 4.30. The van der Waals surface area contributed by atoms with Crippen LogP contribution in [0.15, 0.2) is 30.3 Å². The van der Waals surface area contributed by atoms with Crippen molar-refractivity contribution in [1.82, 2.24) is 0 Å². The van der Waals surface area contributed by atoms with Crippen LogP contribution < -0.4 is 4.74 Å². The topological polar surface area (TPSA) is 135 Å². The third kappa shape index (κ3) is 7.01. The van der Waals surface area contributed by atoms with Gasteiger partial charge in [-0.1, -0.05) is 18.2 Å². The van der Waals surface area contributed by atoms with Crippen molar-refractivity contribution in [2.75, 3.05) is 26.4 Å². The lowest BCUT2D eigenvalue weighted by molar-refractivity contribution is -0.294. The molecular weight excluding hydrogens is 372 g/mol. The molecule has 5 atom stereocenters. The summed E-state index contributed by atoms with van der Waals surface area (Å²) in [4.78, 5) is 11.7. The maximum Gasteiger partial charge on any atom is 0.332 e.